The minimum Gasteiger partial charge on any atom is -0.329 e. The zero-order valence-electron chi connectivity index (χ0n) is 13.1. The molecule has 0 spiro atoms. The molecule has 2 N–H and O–H groups in total. The van der Waals surface area contributed by atoms with Gasteiger partial charge in [-0.15, -0.1) is 0 Å². The Morgan fingerprint density at radius 1 is 1.12 bits per heavy atom. The van der Waals surface area contributed by atoms with Crippen molar-refractivity contribution in [3.8, 4) is 0 Å². The quantitative estimate of drug-likeness (QED) is 0.495. The highest BCUT2D eigenvalue weighted by atomic mass is 32.2. The molecule has 8 heteroatoms. The summed E-state index contributed by atoms with van der Waals surface area (Å²) >= 11 is 5.06. The molecular weight excluding hydrogens is 349 g/mol. The Morgan fingerprint density at radius 3 is 2.33 bits per heavy atom. The van der Waals surface area contributed by atoms with E-state index in [1.165, 1.54) is 18.2 Å². The molecule has 2 aromatic rings. The van der Waals surface area contributed by atoms with E-state index in [9.17, 15) is 12.8 Å². The van der Waals surface area contributed by atoms with Gasteiger partial charge in [-0.1, -0.05) is 24.3 Å². The monoisotopic (exact) mass is 365 g/mol. The number of rotatable bonds is 4. The van der Waals surface area contributed by atoms with Crippen molar-refractivity contribution in [1.29, 1.82) is 0 Å². The molecule has 0 saturated heterocycles. The second kappa shape index (κ2) is 7.50. The van der Waals surface area contributed by atoms with Crippen LogP contribution in [0.5, 0.6) is 0 Å². The third-order valence-corrected chi connectivity index (χ3v) is 4.47. The van der Waals surface area contributed by atoms with Gasteiger partial charge in [-0.05, 0) is 49.0 Å². The number of anilines is 1. The number of sulfone groups is 1. The molecule has 5 nitrogen and oxygen atoms in total. The number of halogens is 1. The van der Waals surface area contributed by atoms with Crippen molar-refractivity contribution in [3.05, 3.63) is 59.9 Å². The summed E-state index contributed by atoms with van der Waals surface area (Å²) in [5.74, 6) is -0.418. The maximum atomic E-state index is 13.5. The van der Waals surface area contributed by atoms with Crippen molar-refractivity contribution in [2.75, 3.05) is 11.6 Å². The van der Waals surface area contributed by atoms with Gasteiger partial charge in [0.05, 0.1) is 16.3 Å². The van der Waals surface area contributed by atoms with Crippen LogP contribution in [-0.4, -0.2) is 25.5 Å². The van der Waals surface area contributed by atoms with Gasteiger partial charge in [0.15, 0.2) is 14.9 Å². The predicted octanol–water partition coefficient (Wildman–Crippen LogP) is 2.94. The summed E-state index contributed by atoms with van der Waals surface area (Å²) in [6.07, 6.45) is 1.15. The number of hydrogen-bond acceptors (Lipinski definition) is 4. The van der Waals surface area contributed by atoms with Crippen LogP contribution in [0.1, 0.15) is 12.5 Å². The Labute approximate surface area is 145 Å². The van der Waals surface area contributed by atoms with Gasteiger partial charge in [0.2, 0.25) is 0 Å². The number of nitrogens with zero attached hydrogens (tertiary/aromatic N) is 1. The molecule has 0 aliphatic rings. The van der Waals surface area contributed by atoms with Crippen molar-refractivity contribution in [1.82, 2.24) is 5.43 Å². The molecule has 2 aromatic carbocycles. The zero-order valence-corrected chi connectivity index (χ0v) is 14.7. The van der Waals surface area contributed by atoms with E-state index in [4.69, 9.17) is 12.2 Å². The second-order valence-corrected chi connectivity index (χ2v) is 7.46. The van der Waals surface area contributed by atoms with Gasteiger partial charge in [0.1, 0.15) is 5.82 Å². The molecule has 0 amide bonds. The third-order valence-electron chi connectivity index (χ3n) is 3.15. The number of para-hydroxylation sites is 1. The second-order valence-electron chi connectivity index (χ2n) is 5.04. The molecule has 0 atom stereocenters. The number of hydrazone groups is 1. The lowest BCUT2D eigenvalue weighted by molar-refractivity contribution is 0.602. The molecule has 0 aromatic heterocycles. The SMILES string of the molecule is C/C(=N/NC(=S)Nc1ccccc1F)c1ccc(S(C)(=O)=O)cc1. The van der Waals surface area contributed by atoms with Crippen LogP contribution in [0.15, 0.2) is 58.5 Å². The topological polar surface area (TPSA) is 70.6 Å². The average molecular weight is 365 g/mol. The Bertz CT molecular complexity index is 878. The molecule has 0 fully saturated rings. The average Bonchev–Trinajstić information content (AvgIpc) is 2.54. The zero-order chi connectivity index (χ0) is 17.7. The highest BCUT2D eigenvalue weighted by molar-refractivity contribution is 7.90. The summed E-state index contributed by atoms with van der Waals surface area (Å²) in [7, 11) is -3.23. The Balaban J connectivity index is 2.03. The number of benzene rings is 2. The molecule has 0 bridgehead atoms. The van der Waals surface area contributed by atoms with Gasteiger partial charge < -0.3 is 5.32 Å². The summed E-state index contributed by atoms with van der Waals surface area (Å²) in [6, 6.07) is 12.5. The van der Waals surface area contributed by atoms with Crippen molar-refractivity contribution >= 4 is 38.6 Å². The fraction of sp³-hybridized carbons (Fsp3) is 0.125. The first kappa shape index (κ1) is 18.0. The lowest BCUT2D eigenvalue weighted by Crippen LogP contribution is -2.25. The van der Waals surface area contributed by atoms with Crippen LogP contribution in [-0.2, 0) is 9.84 Å². The van der Waals surface area contributed by atoms with Gasteiger partial charge in [0, 0.05) is 6.26 Å². The lowest BCUT2D eigenvalue weighted by Gasteiger charge is -2.09. The molecule has 0 radical (unpaired) electrons. The summed E-state index contributed by atoms with van der Waals surface area (Å²) < 4.78 is 36.4. The summed E-state index contributed by atoms with van der Waals surface area (Å²) in [5.41, 5.74) is 4.22. The standard InChI is InChI=1S/C16H16FN3O2S2/c1-11(12-7-9-13(10-8-12)24(2,21)22)19-20-16(23)18-15-6-4-3-5-14(15)17/h3-10H,1-2H3,(H2,18,20,23)/b19-11-. The maximum absolute atomic E-state index is 13.5. The van der Waals surface area contributed by atoms with Crippen molar-refractivity contribution in [3.63, 3.8) is 0 Å². The minimum absolute atomic E-state index is 0.146. The molecule has 2 rings (SSSR count). The molecule has 24 heavy (non-hydrogen) atoms. The number of hydrogen-bond donors (Lipinski definition) is 2. The van der Waals surface area contributed by atoms with Gasteiger partial charge in [-0.3, -0.25) is 5.43 Å². The molecule has 126 valence electrons. The van der Waals surface area contributed by atoms with Gasteiger partial charge in [-0.25, -0.2) is 12.8 Å². The minimum atomic E-state index is -3.23. The van der Waals surface area contributed by atoms with Crippen LogP contribution >= 0.6 is 12.2 Å². The van der Waals surface area contributed by atoms with E-state index in [0.29, 0.717) is 5.71 Å². The van der Waals surface area contributed by atoms with E-state index in [-0.39, 0.29) is 15.7 Å². The summed E-state index contributed by atoms with van der Waals surface area (Å²) in [4.78, 5) is 0.240. The number of thiocarbonyl (C=S) groups is 1. The molecular formula is C16H16FN3O2S2. The van der Waals surface area contributed by atoms with Crippen LogP contribution < -0.4 is 10.7 Å². The smallest absolute Gasteiger partial charge is 0.191 e. The van der Waals surface area contributed by atoms with E-state index in [1.54, 1.807) is 37.3 Å². The molecule has 0 saturated carbocycles. The first-order valence-corrected chi connectivity index (χ1v) is 9.23. The Morgan fingerprint density at radius 2 is 1.75 bits per heavy atom. The van der Waals surface area contributed by atoms with E-state index < -0.39 is 15.7 Å². The summed E-state index contributed by atoms with van der Waals surface area (Å²) in [5, 5.41) is 6.95. The summed E-state index contributed by atoms with van der Waals surface area (Å²) in [6.45, 7) is 1.74. The van der Waals surface area contributed by atoms with Crippen LogP contribution in [0.25, 0.3) is 0 Å². The van der Waals surface area contributed by atoms with Crippen LogP contribution in [0.4, 0.5) is 10.1 Å². The van der Waals surface area contributed by atoms with Gasteiger partial charge >= 0.3 is 0 Å². The maximum Gasteiger partial charge on any atom is 0.191 e. The highest BCUT2D eigenvalue weighted by Crippen LogP contribution is 2.12. The first-order valence-electron chi connectivity index (χ1n) is 6.93. The lowest BCUT2D eigenvalue weighted by atomic mass is 10.1. The van der Waals surface area contributed by atoms with E-state index in [0.717, 1.165) is 11.8 Å². The molecule has 0 unspecified atom stereocenters. The normalized spacial score (nSPS) is 11.9. The number of nitrogens with one attached hydrogen (secondary N) is 2. The third kappa shape index (κ3) is 4.84. The Hall–Kier alpha value is -2.32. The van der Waals surface area contributed by atoms with Crippen LogP contribution in [0.2, 0.25) is 0 Å². The fourth-order valence-electron chi connectivity index (χ4n) is 1.86. The highest BCUT2D eigenvalue weighted by Gasteiger charge is 2.07. The largest absolute Gasteiger partial charge is 0.329 e. The molecule has 0 aliphatic carbocycles. The van der Waals surface area contributed by atoms with Crippen LogP contribution in [0, 0.1) is 5.82 Å². The van der Waals surface area contributed by atoms with E-state index in [2.05, 4.69) is 15.8 Å². The van der Waals surface area contributed by atoms with Crippen LogP contribution in [0.3, 0.4) is 0 Å². The van der Waals surface area contributed by atoms with Crippen molar-refractivity contribution in [2.45, 2.75) is 11.8 Å². The fourth-order valence-corrected chi connectivity index (χ4v) is 2.64. The first-order chi connectivity index (χ1) is 11.3. The Kier molecular flexibility index (Phi) is 5.63. The van der Waals surface area contributed by atoms with Gasteiger partial charge in [0.25, 0.3) is 0 Å². The van der Waals surface area contributed by atoms with E-state index in [1.807, 2.05) is 0 Å². The van der Waals surface area contributed by atoms with Crippen molar-refractivity contribution < 1.29 is 12.8 Å². The van der Waals surface area contributed by atoms with E-state index >= 15 is 0 Å². The predicted molar refractivity (Wildman–Crippen MR) is 97.5 cm³/mol. The molecule has 0 aliphatic heterocycles. The van der Waals surface area contributed by atoms with Gasteiger partial charge in [-0.2, -0.15) is 5.10 Å². The van der Waals surface area contributed by atoms with Crippen molar-refractivity contribution in [2.24, 2.45) is 5.10 Å². The molecule has 0 heterocycles.